The first-order valence-electron chi connectivity index (χ1n) is 8.95. The van der Waals surface area contributed by atoms with Gasteiger partial charge in [-0.25, -0.2) is 0 Å². The Morgan fingerprint density at radius 2 is 2.19 bits per heavy atom. The summed E-state index contributed by atoms with van der Waals surface area (Å²) in [5.41, 5.74) is 1.63. The summed E-state index contributed by atoms with van der Waals surface area (Å²) in [6.07, 6.45) is 4.08. The summed E-state index contributed by atoms with van der Waals surface area (Å²) in [6, 6.07) is 7.72. The lowest BCUT2D eigenvalue weighted by Gasteiger charge is -2.05. The monoisotopic (exact) mass is 384 g/mol. The molecular weight excluding hydrogens is 364 g/mol. The molecule has 1 aromatic carbocycles. The second kappa shape index (κ2) is 7.58. The molecule has 7 nitrogen and oxygen atoms in total. The van der Waals surface area contributed by atoms with Crippen LogP contribution in [0.3, 0.4) is 0 Å². The van der Waals surface area contributed by atoms with E-state index >= 15 is 0 Å². The van der Waals surface area contributed by atoms with Crippen LogP contribution < -0.4 is 5.32 Å². The summed E-state index contributed by atoms with van der Waals surface area (Å²) >= 11 is 1.36. The zero-order chi connectivity index (χ0) is 18.8. The van der Waals surface area contributed by atoms with Gasteiger partial charge >= 0.3 is 0 Å². The lowest BCUT2D eigenvalue weighted by molar-refractivity contribution is -0.116. The van der Waals surface area contributed by atoms with Crippen LogP contribution in [0, 0.1) is 0 Å². The van der Waals surface area contributed by atoms with E-state index in [2.05, 4.69) is 15.5 Å². The molecule has 2 aromatic heterocycles. The zero-order valence-corrected chi connectivity index (χ0v) is 15.8. The molecule has 1 aliphatic rings. The molecule has 0 spiro atoms. The topological polar surface area (TPSA) is 86.1 Å². The number of aromatic nitrogens is 3. The lowest BCUT2D eigenvalue weighted by atomic mass is 10.1. The number of hydrogen-bond acceptors (Lipinski definition) is 6. The highest BCUT2D eigenvalue weighted by molar-refractivity contribution is 7.15. The highest BCUT2D eigenvalue weighted by Gasteiger charge is 2.22. The second-order valence-electron chi connectivity index (χ2n) is 6.55. The number of aryl methyl sites for hydroxylation is 1. The summed E-state index contributed by atoms with van der Waals surface area (Å²) in [5, 5.41) is 13.2. The molecule has 1 fully saturated rings. The summed E-state index contributed by atoms with van der Waals surface area (Å²) < 4.78 is 7.54. The molecule has 1 atom stereocenters. The smallest absolute Gasteiger partial charge is 0.227 e. The van der Waals surface area contributed by atoms with Gasteiger partial charge in [-0.3, -0.25) is 9.59 Å². The zero-order valence-electron chi connectivity index (χ0n) is 15.0. The number of nitrogens with zero attached hydrogens (tertiary/aromatic N) is 3. The third kappa shape index (κ3) is 3.77. The van der Waals surface area contributed by atoms with Crippen molar-refractivity contribution in [2.75, 3.05) is 11.9 Å². The minimum absolute atomic E-state index is 0.00407. The molecule has 0 unspecified atom stereocenters. The second-order valence-corrected chi connectivity index (χ2v) is 7.56. The summed E-state index contributed by atoms with van der Waals surface area (Å²) in [7, 11) is 0. The van der Waals surface area contributed by atoms with Gasteiger partial charge in [-0.05, 0) is 25.8 Å². The maximum Gasteiger partial charge on any atom is 0.227 e. The molecule has 3 aromatic rings. The van der Waals surface area contributed by atoms with Gasteiger partial charge in [0.25, 0.3) is 0 Å². The molecule has 1 saturated heterocycles. The summed E-state index contributed by atoms with van der Waals surface area (Å²) in [6.45, 7) is 2.79. The van der Waals surface area contributed by atoms with Crippen molar-refractivity contribution < 1.29 is 14.3 Å². The maximum atomic E-state index is 12.3. The number of Topliss-reactive ketones (excluding diaryl/α,β-unsaturated/α-hetero) is 1. The SMILES string of the molecule is CC(=O)c1cn(CCC(=O)Nc2nnc([C@@H]3CCCO3)s2)c2ccccc12. The molecule has 0 saturated carbocycles. The number of benzene rings is 1. The molecular formula is C19H20N4O3S. The van der Waals surface area contributed by atoms with Crippen molar-refractivity contribution in [3.05, 3.63) is 41.0 Å². The normalized spacial score (nSPS) is 16.7. The standard InChI is InChI=1S/C19H20N4O3S/c1-12(24)14-11-23(15-6-3-2-5-13(14)15)9-8-17(25)20-19-22-21-18(27-19)16-7-4-10-26-16/h2-3,5-6,11,16H,4,7-10H2,1H3,(H,20,22,25)/t16-/m0/s1. The number of hydrogen-bond donors (Lipinski definition) is 1. The number of nitrogens with one attached hydrogen (secondary N) is 1. The number of anilines is 1. The van der Waals surface area contributed by atoms with Crippen LogP contribution in [0.4, 0.5) is 5.13 Å². The van der Waals surface area contributed by atoms with Crippen molar-refractivity contribution in [3.8, 4) is 0 Å². The van der Waals surface area contributed by atoms with E-state index in [4.69, 9.17) is 4.74 Å². The van der Waals surface area contributed by atoms with Crippen LogP contribution in [-0.4, -0.2) is 33.1 Å². The molecule has 1 aliphatic heterocycles. The Morgan fingerprint density at radius 3 is 2.96 bits per heavy atom. The fourth-order valence-corrected chi connectivity index (χ4v) is 4.15. The molecule has 3 heterocycles. The van der Waals surface area contributed by atoms with E-state index in [9.17, 15) is 9.59 Å². The molecule has 8 heteroatoms. The van der Waals surface area contributed by atoms with E-state index in [1.165, 1.54) is 11.3 Å². The predicted molar refractivity (Wildman–Crippen MR) is 103 cm³/mol. The van der Waals surface area contributed by atoms with E-state index in [0.717, 1.165) is 35.4 Å². The lowest BCUT2D eigenvalue weighted by Crippen LogP contribution is -2.14. The molecule has 1 N–H and O–H groups in total. The number of carbonyl (C=O) groups is 2. The van der Waals surface area contributed by atoms with Gasteiger partial charge in [0.1, 0.15) is 11.1 Å². The molecule has 140 valence electrons. The minimum Gasteiger partial charge on any atom is -0.371 e. The Kier molecular flexibility index (Phi) is 5.00. The summed E-state index contributed by atoms with van der Waals surface area (Å²) in [4.78, 5) is 24.2. The maximum absolute atomic E-state index is 12.3. The van der Waals surface area contributed by atoms with Crippen molar-refractivity contribution in [3.63, 3.8) is 0 Å². The first-order valence-corrected chi connectivity index (χ1v) is 9.77. The van der Waals surface area contributed by atoms with Gasteiger partial charge in [-0.2, -0.15) is 0 Å². The van der Waals surface area contributed by atoms with Crippen LogP contribution in [-0.2, 0) is 16.1 Å². The van der Waals surface area contributed by atoms with Gasteiger partial charge < -0.3 is 14.6 Å². The molecule has 0 bridgehead atoms. The Bertz CT molecular complexity index is 988. The quantitative estimate of drug-likeness (QED) is 0.657. The van der Waals surface area contributed by atoms with Crippen molar-refractivity contribution >= 4 is 39.1 Å². The number of ether oxygens (including phenoxy) is 1. The van der Waals surface area contributed by atoms with Crippen LogP contribution in [0.5, 0.6) is 0 Å². The van der Waals surface area contributed by atoms with E-state index in [0.29, 0.717) is 17.2 Å². The third-order valence-electron chi connectivity index (χ3n) is 4.64. The third-order valence-corrected chi connectivity index (χ3v) is 5.57. The highest BCUT2D eigenvalue weighted by Crippen LogP contribution is 2.32. The van der Waals surface area contributed by atoms with E-state index in [1.807, 2.05) is 35.0 Å². The van der Waals surface area contributed by atoms with E-state index in [1.54, 1.807) is 6.92 Å². The summed E-state index contributed by atoms with van der Waals surface area (Å²) in [5.74, 6) is -0.114. The van der Waals surface area contributed by atoms with Crippen molar-refractivity contribution in [2.24, 2.45) is 0 Å². The highest BCUT2D eigenvalue weighted by atomic mass is 32.1. The largest absolute Gasteiger partial charge is 0.371 e. The minimum atomic E-state index is -0.132. The van der Waals surface area contributed by atoms with Gasteiger partial charge in [-0.15, -0.1) is 10.2 Å². The fraction of sp³-hybridized carbons (Fsp3) is 0.368. The molecule has 27 heavy (non-hydrogen) atoms. The van der Waals surface area contributed by atoms with Crippen LogP contribution in [0.2, 0.25) is 0 Å². The van der Waals surface area contributed by atoms with Crippen molar-refractivity contribution in [1.29, 1.82) is 0 Å². The number of rotatable bonds is 6. The molecule has 0 aliphatic carbocycles. The Morgan fingerprint density at radius 1 is 1.33 bits per heavy atom. The Hall–Kier alpha value is -2.58. The van der Waals surface area contributed by atoms with Crippen LogP contribution in [0.25, 0.3) is 10.9 Å². The first-order chi connectivity index (χ1) is 13.1. The van der Waals surface area contributed by atoms with Gasteiger partial charge in [0, 0.05) is 42.2 Å². The van der Waals surface area contributed by atoms with Gasteiger partial charge in [-0.1, -0.05) is 29.5 Å². The number of carbonyl (C=O) groups excluding carboxylic acids is 2. The van der Waals surface area contributed by atoms with Gasteiger partial charge in [0.05, 0.1) is 0 Å². The molecule has 4 rings (SSSR count). The number of ketones is 1. The Labute approximate surface area is 160 Å². The van der Waals surface area contributed by atoms with E-state index in [-0.39, 0.29) is 24.2 Å². The van der Waals surface area contributed by atoms with Crippen molar-refractivity contribution in [1.82, 2.24) is 14.8 Å². The average molecular weight is 384 g/mol. The molecule has 1 amide bonds. The number of para-hydroxylation sites is 1. The average Bonchev–Trinajstić information content (AvgIpc) is 3.39. The van der Waals surface area contributed by atoms with Crippen LogP contribution in [0.15, 0.2) is 30.5 Å². The van der Waals surface area contributed by atoms with Crippen LogP contribution in [0.1, 0.15) is 47.7 Å². The Balaban J connectivity index is 1.41. The number of amides is 1. The van der Waals surface area contributed by atoms with Crippen LogP contribution >= 0.6 is 11.3 Å². The van der Waals surface area contributed by atoms with Gasteiger partial charge in [0.15, 0.2) is 5.78 Å². The number of fused-ring (bicyclic) bond motifs is 1. The molecule has 0 radical (unpaired) electrons. The predicted octanol–water partition coefficient (Wildman–Crippen LogP) is 3.58. The van der Waals surface area contributed by atoms with E-state index < -0.39 is 0 Å². The van der Waals surface area contributed by atoms with Crippen molar-refractivity contribution in [2.45, 2.75) is 38.8 Å². The van der Waals surface area contributed by atoms with Gasteiger partial charge in [0.2, 0.25) is 11.0 Å². The fourth-order valence-electron chi connectivity index (χ4n) is 3.30. The first kappa shape index (κ1) is 17.8.